The van der Waals surface area contributed by atoms with Crippen LogP contribution in [0, 0.1) is 11.8 Å². The average Bonchev–Trinajstić information content (AvgIpc) is 2.81. The molecule has 0 radical (unpaired) electrons. The standard InChI is InChI=1S/C25H34ClN3O3/c1-31-17-25(30)9-5-18(6-10-25)13-20-14-21(22(26)16-27-20)23-3-2-4-24(29-23)28-15-19-7-11-32-12-8-19/h2-4,14,16,18-19,30H,5-13,15,17H2,1H3,(H,28,29). The van der Waals surface area contributed by atoms with Gasteiger partial charge in [0.15, 0.2) is 0 Å². The first kappa shape index (κ1) is 23.4. The molecular weight excluding hydrogens is 426 g/mol. The van der Waals surface area contributed by atoms with E-state index >= 15 is 0 Å². The molecule has 2 fully saturated rings. The van der Waals surface area contributed by atoms with Crippen LogP contribution in [0.1, 0.15) is 44.2 Å². The second-order valence-electron chi connectivity index (χ2n) is 9.31. The highest BCUT2D eigenvalue weighted by Gasteiger charge is 2.33. The maximum Gasteiger partial charge on any atom is 0.126 e. The molecule has 0 bridgehead atoms. The third-order valence-electron chi connectivity index (χ3n) is 6.80. The number of hydrogen-bond acceptors (Lipinski definition) is 6. The molecule has 7 heteroatoms. The highest BCUT2D eigenvalue weighted by Crippen LogP contribution is 2.35. The number of pyridine rings is 2. The van der Waals surface area contributed by atoms with Gasteiger partial charge in [0.25, 0.3) is 0 Å². The number of aromatic nitrogens is 2. The number of methoxy groups -OCH3 is 1. The molecule has 32 heavy (non-hydrogen) atoms. The summed E-state index contributed by atoms with van der Waals surface area (Å²) >= 11 is 6.51. The SMILES string of the molecule is COCC1(O)CCC(Cc2cc(-c3cccc(NCC4CCOCC4)n3)c(Cl)cn2)CC1. The molecule has 2 aliphatic rings. The van der Waals surface area contributed by atoms with E-state index in [9.17, 15) is 5.11 Å². The number of halogens is 1. The second kappa shape index (κ2) is 10.9. The van der Waals surface area contributed by atoms with Crippen LogP contribution in [0.3, 0.4) is 0 Å². The first-order chi connectivity index (χ1) is 15.5. The van der Waals surface area contributed by atoms with Crippen molar-refractivity contribution < 1.29 is 14.6 Å². The summed E-state index contributed by atoms with van der Waals surface area (Å²) in [5.74, 6) is 2.00. The molecule has 0 amide bonds. The van der Waals surface area contributed by atoms with Crippen molar-refractivity contribution in [3.05, 3.63) is 41.2 Å². The summed E-state index contributed by atoms with van der Waals surface area (Å²) in [6.45, 7) is 3.02. The normalized spacial score (nSPS) is 24.4. The van der Waals surface area contributed by atoms with Gasteiger partial charge in [0.1, 0.15) is 5.82 Å². The minimum absolute atomic E-state index is 0.410. The number of aliphatic hydroxyl groups is 1. The Morgan fingerprint density at radius 2 is 1.97 bits per heavy atom. The summed E-state index contributed by atoms with van der Waals surface area (Å²) in [4.78, 5) is 9.39. The highest BCUT2D eigenvalue weighted by molar-refractivity contribution is 6.33. The molecule has 1 aliphatic carbocycles. The van der Waals surface area contributed by atoms with E-state index in [1.165, 1.54) is 0 Å². The zero-order valence-electron chi connectivity index (χ0n) is 18.9. The predicted octanol–water partition coefficient (Wildman–Crippen LogP) is 4.75. The molecule has 0 unspecified atom stereocenters. The Morgan fingerprint density at radius 1 is 1.19 bits per heavy atom. The third-order valence-corrected chi connectivity index (χ3v) is 7.10. The second-order valence-corrected chi connectivity index (χ2v) is 9.71. The van der Waals surface area contributed by atoms with E-state index < -0.39 is 5.60 Å². The molecule has 1 saturated heterocycles. The molecule has 6 nitrogen and oxygen atoms in total. The topological polar surface area (TPSA) is 76.5 Å². The van der Waals surface area contributed by atoms with Crippen molar-refractivity contribution in [2.75, 3.05) is 38.8 Å². The Labute approximate surface area is 195 Å². The van der Waals surface area contributed by atoms with E-state index in [4.69, 9.17) is 26.1 Å². The third kappa shape index (κ3) is 6.19. The Balaban J connectivity index is 1.40. The van der Waals surface area contributed by atoms with Crippen LogP contribution in [-0.2, 0) is 15.9 Å². The smallest absolute Gasteiger partial charge is 0.126 e. The lowest BCUT2D eigenvalue weighted by Gasteiger charge is -2.35. The summed E-state index contributed by atoms with van der Waals surface area (Å²) in [5, 5.41) is 14.7. The summed E-state index contributed by atoms with van der Waals surface area (Å²) < 4.78 is 10.6. The molecule has 2 aromatic heterocycles. The number of anilines is 1. The Hall–Kier alpha value is -1.73. The highest BCUT2D eigenvalue weighted by atomic mass is 35.5. The fourth-order valence-corrected chi connectivity index (χ4v) is 5.00. The van der Waals surface area contributed by atoms with Crippen LogP contribution in [-0.4, -0.2) is 54.2 Å². The lowest BCUT2D eigenvalue weighted by atomic mass is 9.77. The molecular formula is C25H34ClN3O3. The lowest BCUT2D eigenvalue weighted by molar-refractivity contribution is -0.0642. The molecule has 0 spiro atoms. The van der Waals surface area contributed by atoms with Gasteiger partial charge in [-0.25, -0.2) is 4.98 Å². The largest absolute Gasteiger partial charge is 0.387 e. The zero-order valence-corrected chi connectivity index (χ0v) is 19.6. The predicted molar refractivity (Wildman–Crippen MR) is 127 cm³/mol. The van der Waals surface area contributed by atoms with Crippen LogP contribution in [0.2, 0.25) is 5.02 Å². The number of hydrogen-bond donors (Lipinski definition) is 2. The maximum atomic E-state index is 10.6. The molecule has 3 heterocycles. The van der Waals surface area contributed by atoms with Gasteiger partial charge in [0.05, 0.1) is 22.9 Å². The average molecular weight is 460 g/mol. The molecule has 174 valence electrons. The Kier molecular flexibility index (Phi) is 8.00. The van der Waals surface area contributed by atoms with Crippen molar-refractivity contribution in [2.45, 2.75) is 50.5 Å². The van der Waals surface area contributed by atoms with Crippen LogP contribution in [0.15, 0.2) is 30.5 Å². The van der Waals surface area contributed by atoms with Crippen molar-refractivity contribution in [1.82, 2.24) is 9.97 Å². The van der Waals surface area contributed by atoms with Crippen LogP contribution in [0.5, 0.6) is 0 Å². The van der Waals surface area contributed by atoms with Gasteiger partial charge in [-0.2, -0.15) is 0 Å². The van der Waals surface area contributed by atoms with Crippen LogP contribution in [0.4, 0.5) is 5.82 Å². The molecule has 2 aromatic rings. The maximum absolute atomic E-state index is 10.6. The molecule has 2 N–H and O–H groups in total. The fourth-order valence-electron chi connectivity index (χ4n) is 4.80. The zero-order chi connectivity index (χ0) is 22.4. The molecule has 1 saturated carbocycles. The quantitative estimate of drug-likeness (QED) is 0.593. The van der Waals surface area contributed by atoms with Crippen molar-refractivity contribution in [3.63, 3.8) is 0 Å². The van der Waals surface area contributed by atoms with Gasteiger partial charge in [0, 0.05) is 44.3 Å². The lowest BCUT2D eigenvalue weighted by Crippen LogP contribution is -2.38. The van der Waals surface area contributed by atoms with E-state index in [-0.39, 0.29) is 0 Å². The molecule has 0 atom stereocenters. The van der Waals surface area contributed by atoms with Crippen molar-refractivity contribution in [3.8, 4) is 11.3 Å². The van der Waals surface area contributed by atoms with E-state index in [1.54, 1.807) is 13.3 Å². The minimum Gasteiger partial charge on any atom is -0.387 e. The van der Waals surface area contributed by atoms with Gasteiger partial charge in [-0.3, -0.25) is 4.98 Å². The molecule has 0 aromatic carbocycles. The van der Waals surface area contributed by atoms with Crippen molar-refractivity contribution >= 4 is 17.4 Å². The number of nitrogens with zero attached hydrogens (tertiary/aromatic N) is 2. The molecule has 4 rings (SSSR count). The first-order valence-corrected chi connectivity index (χ1v) is 12.1. The van der Waals surface area contributed by atoms with Crippen LogP contribution >= 0.6 is 11.6 Å². The van der Waals surface area contributed by atoms with Gasteiger partial charge >= 0.3 is 0 Å². The number of ether oxygens (including phenoxy) is 2. The summed E-state index contributed by atoms with van der Waals surface area (Å²) in [6, 6.07) is 8.09. The summed E-state index contributed by atoms with van der Waals surface area (Å²) in [6.07, 6.45) is 8.30. The van der Waals surface area contributed by atoms with Gasteiger partial charge in [-0.1, -0.05) is 17.7 Å². The van der Waals surface area contributed by atoms with Crippen molar-refractivity contribution in [1.29, 1.82) is 0 Å². The monoisotopic (exact) mass is 459 g/mol. The first-order valence-electron chi connectivity index (χ1n) is 11.7. The van der Waals surface area contributed by atoms with E-state index in [0.717, 1.165) is 87.5 Å². The summed E-state index contributed by atoms with van der Waals surface area (Å²) in [7, 11) is 1.65. The Morgan fingerprint density at radius 3 is 2.72 bits per heavy atom. The minimum atomic E-state index is -0.675. The van der Waals surface area contributed by atoms with Gasteiger partial charge in [-0.15, -0.1) is 0 Å². The number of nitrogens with one attached hydrogen (secondary N) is 1. The van der Waals surface area contributed by atoms with E-state index in [1.807, 2.05) is 18.2 Å². The Bertz CT molecular complexity index is 880. The summed E-state index contributed by atoms with van der Waals surface area (Å²) in [5.41, 5.74) is 2.12. The fraction of sp³-hybridized carbons (Fsp3) is 0.600. The van der Waals surface area contributed by atoms with Crippen LogP contribution in [0.25, 0.3) is 11.3 Å². The van der Waals surface area contributed by atoms with Gasteiger partial charge < -0.3 is 19.9 Å². The van der Waals surface area contributed by atoms with Crippen molar-refractivity contribution in [2.24, 2.45) is 11.8 Å². The van der Waals surface area contributed by atoms with Gasteiger partial charge in [-0.05, 0) is 75.0 Å². The van der Waals surface area contributed by atoms with Crippen LogP contribution < -0.4 is 5.32 Å². The number of rotatable bonds is 8. The van der Waals surface area contributed by atoms with E-state index in [2.05, 4.69) is 16.4 Å². The van der Waals surface area contributed by atoms with Gasteiger partial charge in [0.2, 0.25) is 0 Å². The van der Waals surface area contributed by atoms with E-state index in [0.29, 0.717) is 23.5 Å². The molecule has 1 aliphatic heterocycles.